The number of anilines is 1. The van der Waals surface area contributed by atoms with Crippen LogP contribution in [0.3, 0.4) is 0 Å². The standard InChI is InChI=1S/C9H12FN/c1-3-11-8-6-4-5-7(2)9(8)10/h4-6,11H,3H2,1-2H3. The van der Waals surface area contributed by atoms with Crippen molar-refractivity contribution < 1.29 is 4.39 Å². The summed E-state index contributed by atoms with van der Waals surface area (Å²) in [6.07, 6.45) is 0. The van der Waals surface area contributed by atoms with Gasteiger partial charge in [0.1, 0.15) is 5.82 Å². The largest absolute Gasteiger partial charge is 0.383 e. The van der Waals surface area contributed by atoms with Crippen molar-refractivity contribution in [1.82, 2.24) is 0 Å². The summed E-state index contributed by atoms with van der Waals surface area (Å²) in [6, 6.07) is 5.35. The number of aryl methyl sites for hydroxylation is 1. The molecule has 11 heavy (non-hydrogen) atoms. The van der Waals surface area contributed by atoms with Crippen LogP contribution in [0.15, 0.2) is 18.2 Å². The lowest BCUT2D eigenvalue weighted by molar-refractivity contribution is 0.621. The highest BCUT2D eigenvalue weighted by Gasteiger charge is 2.01. The van der Waals surface area contributed by atoms with E-state index in [1.54, 1.807) is 19.1 Å². The number of hydrogen-bond donors (Lipinski definition) is 1. The quantitative estimate of drug-likeness (QED) is 0.688. The molecule has 0 amide bonds. The van der Waals surface area contributed by atoms with Gasteiger partial charge in [-0.25, -0.2) is 4.39 Å². The van der Waals surface area contributed by atoms with Crippen molar-refractivity contribution >= 4 is 5.69 Å². The Bertz CT molecular complexity index is 245. The van der Waals surface area contributed by atoms with Crippen molar-refractivity contribution in [1.29, 1.82) is 0 Å². The van der Waals surface area contributed by atoms with Crippen molar-refractivity contribution in [2.24, 2.45) is 0 Å². The lowest BCUT2D eigenvalue weighted by Gasteiger charge is -2.05. The number of benzene rings is 1. The predicted molar refractivity (Wildman–Crippen MR) is 45.3 cm³/mol. The second-order valence-corrected chi connectivity index (χ2v) is 2.47. The summed E-state index contributed by atoms with van der Waals surface area (Å²) in [5, 5.41) is 2.94. The predicted octanol–water partition coefficient (Wildman–Crippen LogP) is 2.57. The Labute approximate surface area is 66.2 Å². The van der Waals surface area contributed by atoms with Crippen LogP contribution in [-0.2, 0) is 0 Å². The van der Waals surface area contributed by atoms with Crippen LogP contribution in [0.2, 0.25) is 0 Å². The fourth-order valence-electron chi connectivity index (χ4n) is 0.974. The van der Waals surface area contributed by atoms with Gasteiger partial charge < -0.3 is 5.32 Å². The Morgan fingerprint density at radius 1 is 1.45 bits per heavy atom. The van der Waals surface area contributed by atoms with E-state index in [9.17, 15) is 4.39 Å². The van der Waals surface area contributed by atoms with Crippen molar-refractivity contribution in [3.05, 3.63) is 29.6 Å². The molecule has 1 rings (SSSR count). The van der Waals surface area contributed by atoms with Gasteiger partial charge >= 0.3 is 0 Å². The van der Waals surface area contributed by atoms with Gasteiger partial charge in [0.05, 0.1) is 5.69 Å². The highest BCUT2D eigenvalue weighted by Crippen LogP contribution is 2.16. The summed E-state index contributed by atoms with van der Waals surface area (Å²) in [5.74, 6) is -0.144. The minimum absolute atomic E-state index is 0.144. The number of rotatable bonds is 2. The van der Waals surface area contributed by atoms with Gasteiger partial charge in [-0.3, -0.25) is 0 Å². The molecule has 1 aromatic rings. The molecule has 0 aromatic heterocycles. The van der Waals surface area contributed by atoms with E-state index in [2.05, 4.69) is 5.32 Å². The zero-order valence-electron chi connectivity index (χ0n) is 6.82. The fourth-order valence-corrected chi connectivity index (χ4v) is 0.974. The third-order valence-electron chi connectivity index (χ3n) is 1.56. The van der Waals surface area contributed by atoms with Crippen LogP contribution in [0.1, 0.15) is 12.5 Å². The van der Waals surface area contributed by atoms with E-state index in [1.165, 1.54) is 0 Å². The van der Waals surface area contributed by atoms with Crippen LogP contribution < -0.4 is 5.32 Å². The van der Waals surface area contributed by atoms with Gasteiger partial charge in [0.25, 0.3) is 0 Å². The number of hydrogen-bond acceptors (Lipinski definition) is 1. The monoisotopic (exact) mass is 153 g/mol. The Kier molecular flexibility index (Phi) is 2.47. The molecule has 1 N–H and O–H groups in total. The van der Waals surface area contributed by atoms with E-state index in [0.717, 1.165) is 6.54 Å². The molecule has 0 fully saturated rings. The molecule has 0 heterocycles. The molecule has 0 saturated heterocycles. The first-order valence-corrected chi connectivity index (χ1v) is 3.74. The molecule has 0 aliphatic carbocycles. The van der Waals surface area contributed by atoms with E-state index in [0.29, 0.717) is 11.3 Å². The summed E-state index contributed by atoms with van der Waals surface area (Å²) < 4.78 is 13.1. The Morgan fingerprint density at radius 3 is 2.82 bits per heavy atom. The zero-order chi connectivity index (χ0) is 8.27. The van der Waals surface area contributed by atoms with Crippen LogP contribution in [0.4, 0.5) is 10.1 Å². The normalized spacial score (nSPS) is 9.73. The van der Waals surface area contributed by atoms with Crippen molar-refractivity contribution in [3.63, 3.8) is 0 Å². The molecule has 1 aromatic carbocycles. The minimum atomic E-state index is -0.144. The van der Waals surface area contributed by atoms with Crippen LogP contribution >= 0.6 is 0 Å². The molecule has 0 unspecified atom stereocenters. The lowest BCUT2D eigenvalue weighted by atomic mass is 10.2. The maximum absolute atomic E-state index is 13.1. The first-order valence-electron chi connectivity index (χ1n) is 3.74. The molecular weight excluding hydrogens is 141 g/mol. The molecule has 0 aliphatic rings. The van der Waals surface area contributed by atoms with E-state index >= 15 is 0 Å². The summed E-state index contributed by atoms with van der Waals surface area (Å²) in [5.41, 5.74) is 1.27. The molecular formula is C9H12FN. The van der Waals surface area contributed by atoms with Gasteiger partial charge in [-0.15, -0.1) is 0 Å². The SMILES string of the molecule is CCNc1cccc(C)c1F. The molecule has 2 heteroatoms. The Hall–Kier alpha value is -1.05. The van der Waals surface area contributed by atoms with Crippen LogP contribution in [0.25, 0.3) is 0 Å². The smallest absolute Gasteiger partial charge is 0.149 e. The summed E-state index contributed by atoms with van der Waals surface area (Å²) in [6.45, 7) is 4.46. The van der Waals surface area contributed by atoms with Gasteiger partial charge in [0, 0.05) is 6.54 Å². The van der Waals surface area contributed by atoms with Crippen LogP contribution in [0, 0.1) is 12.7 Å². The van der Waals surface area contributed by atoms with Crippen molar-refractivity contribution in [3.8, 4) is 0 Å². The van der Waals surface area contributed by atoms with E-state index < -0.39 is 0 Å². The van der Waals surface area contributed by atoms with Crippen molar-refractivity contribution in [2.45, 2.75) is 13.8 Å². The summed E-state index contributed by atoms with van der Waals surface area (Å²) in [7, 11) is 0. The maximum Gasteiger partial charge on any atom is 0.149 e. The molecule has 1 nitrogen and oxygen atoms in total. The Balaban J connectivity index is 2.96. The molecule has 0 spiro atoms. The van der Waals surface area contributed by atoms with E-state index in [-0.39, 0.29) is 5.82 Å². The molecule has 60 valence electrons. The van der Waals surface area contributed by atoms with Gasteiger partial charge in [0.15, 0.2) is 0 Å². The maximum atomic E-state index is 13.1. The summed E-state index contributed by atoms with van der Waals surface area (Å²) in [4.78, 5) is 0. The zero-order valence-corrected chi connectivity index (χ0v) is 6.82. The third-order valence-corrected chi connectivity index (χ3v) is 1.56. The van der Waals surface area contributed by atoms with E-state index in [1.807, 2.05) is 13.0 Å². The molecule has 0 radical (unpaired) electrons. The molecule has 0 atom stereocenters. The number of halogens is 1. The highest BCUT2D eigenvalue weighted by molar-refractivity contribution is 5.47. The van der Waals surface area contributed by atoms with Crippen molar-refractivity contribution in [2.75, 3.05) is 11.9 Å². The topological polar surface area (TPSA) is 12.0 Å². The molecule has 0 saturated carbocycles. The highest BCUT2D eigenvalue weighted by atomic mass is 19.1. The van der Waals surface area contributed by atoms with Gasteiger partial charge in [-0.1, -0.05) is 12.1 Å². The van der Waals surface area contributed by atoms with Gasteiger partial charge in [0.2, 0.25) is 0 Å². The van der Waals surface area contributed by atoms with Crippen LogP contribution in [-0.4, -0.2) is 6.54 Å². The number of nitrogens with one attached hydrogen (secondary N) is 1. The van der Waals surface area contributed by atoms with E-state index in [4.69, 9.17) is 0 Å². The van der Waals surface area contributed by atoms with Gasteiger partial charge in [-0.05, 0) is 25.5 Å². The first kappa shape index (κ1) is 8.05. The lowest BCUT2D eigenvalue weighted by Crippen LogP contribution is -1.99. The summed E-state index contributed by atoms with van der Waals surface area (Å²) >= 11 is 0. The Morgan fingerprint density at radius 2 is 2.18 bits per heavy atom. The minimum Gasteiger partial charge on any atom is -0.383 e. The second-order valence-electron chi connectivity index (χ2n) is 2.47. The average Bonchev–Trinajstić information content (AvgIpc) is 1.99. The second kappa shape index (κ2) is 3.37. The molecule has 0 bridgehead atoms. The fraction of sp³-hybridized carbons (Fsp3) is 0.333. The van der Waals surface area contributed by atoms with Crippen LogP contribution in [0.5, 0.6) is 0 Å². The molecule has 0 aliphatic heterocycles. The third kappa shape index (κ3) is 1.70. The first-order chi connectivity index (χ1) is 5.25. The average molecular weight is 153 g/mol. The van der Waals surface area contributed by atoms with Gasteiger partial charge in [-0.2, -0.15) is 0 Å².